The molecule has 0 radical (unpaired) electrons. The molecule has 0 saturated carbocycles. The summed E-state index contributed by atoms with van der Waals surface area (Å²) in [5.74, 6) is 5.72. The van der Waals surface area contributed by atoms with Crippen LogP contribution in [0.15, 0.2) is 42.5 Å². The van der Waals surface area contributed by atoms with Gasteiger partial charge in [0.15, 0.2) is 11.6 Å². The van der Waals surface area contributed by atoms with Gasteiger partial charge in [0.2, 0.25) is 0 Å². The first-order valence-electron chi connectivity index (χ1n) is 5.99. The minimum atomic E-state index is -0.418. The smallest absolute Gasteiger partial charge is 0.165 e. The second-order valence-electron chi connectivity index (χ2n) is 4.26. The second kappa shape index (κ2) is 6.04. The number of nitrogens with zero attached hydrogens (tertiary/aromatic N) is 2. The van der Waals surface area contributed by atoms with Gasteiger partial charge in [0.25, 0.3) is 0 Å². The third kappa shape index (κ3) is 3.05. The van der Waals surface area contributed by atoms with Crippen LogP contribution in [0.4, 0.5) is 10.1 Å². The average Bonchev–Trinajstić information content (AvgIpc) is 2.47. The number of hydrogen-bond donors (Lipinski definition) is 1. The molecule has 20 heavy (non-hydrogen) atoms. The molecule has 0 unspecified atom stereocenters. The maximum Gasteiger partial charge on any atom is 0.165 e. The Bertz CT molecular complexity index is 635. The van der Waals surface area contributed by atoms with Gasteiger partial charge in [-0.15, -0.1) is 0 Å². The Morgan fingerprint density at radius 2 is 1.95 bits per heavy atom. The number of halogens is 1. The topological polar surface area (TPSA) is 62.3 Å². The quantitative estimate of drug-likeness (QED) is 0.685. The summed E-state index contributed by atoms with van der Waals surface area (Å²) in [5.41, 5.74) is 2.05. The molecule has 0 fully saturated rings. The molecule has 2 rings (SSSR count). The summed E-state index contributed by atoms with van der Waals surface area (Å²) in [4.78, 5) is 0. The molecule has 0 amide bonds. The van der Waals surface area contributed by atoms with Crippen molar-refractivity contribution in [2.75, 3.05) is 12.1 Å². The Hall–Kier alpha value is -2.58. The SMILES string of the molecule is COc1ccc(CN(N)c2ccc(C#N)cc2)cc1F. The Balaban J connectivity index is 2.12. The molecule has 0 aliphatic rings. The molecule has 0 aliphatic heterocycles. The van der Waals surface area contributed by atoms with Crippen molar-refractivity contribution in [2.45, 2.75) is 6.54 Å². The molecule has 5 heteroatoms. The third-order valence-electron chi connectivity index (χ3n) is 2.90. The van der Waals surface area contributed by atoms with E-state index in [0.29, 0.717) is 12.1 Å². The molecule has 0 bridgehead atoms. The number of nitriles is 1. The van der Waals surface area contributed by atoms with Crippen LogP contribution >= 0.6 is 0 Å². The van der Waals surface area contributed by atoms with Gasteiger partial charge in [-0.3, -0.25) is 0 Å². The first-order valence-corrected chi connectivity index (χ1v) is 5.99. The van der Waals surface area contributed by atoms with Crippen LogP contribution in [0.25, 0.3) is 0 Å². The Morgan fingerprint density at radius 1 is 1.25 bits per heavy atom. The van der Waals surface area contributed by atoms with Crippen LogP contribution in [-0.2, 0) is 6.54 Å². The van der Waals surface area contributed by atoms with Gasteiger partial charge in [0.05, 0.1) is 31.0 Å². The fourth-order valence-corrected chi connectivity index (χ4v) is 1.82. The van der Waals surface area contributed by atoms with E-state index in [1.165, 1.54) is 18.2 Å². The third-order valence-corrected chi connectivity index (χ3v) is 2.90. The van der Waals surface area contributed by atoms with Crippen molar-refractivity contribution < 1.29 is 9.13 Å². The van der Waals surface area contributed by atoms with Gasteiger partial charge >= 0.3 is 0 Å². The zero-order valence-electron chi connectivity index (χ0n) is 11.0. The van der Waals surface area contributed by atoms with Gasteiger partial charge in [0, 0.05) is 0 Å². The van der Waals surface area contributed by atoms with Gasteiger partial charge in [-0.25, -0.2) is 10.2 Å². The predicted molar refractivity (Wildman–Crippen MR) is 74.5 cm³/mol. The standard InChI is InChI=1S/C15H14FN3O/c1-20-15-7-4-12(8-14(15)16)10-19(18)13-5-2-11(9-17)3-6-13/h2-8H,10,18H2,1H3. The molecule has 0 aliphatic carbocycles. The van der Waals surface area contributed by atoms with E-state index in [0.717, 1.165) is 11.3 Å². The van der Waals surface area contributed by atoms with Gasteiger partial charge < -0.3 is 9.75 Å². The van der Waals surface area contributed by atoms with E-state index < -0.39 is 5.82 Å². The molecule has 0 spiro atoms. The first-order chi connectivity index (χ1) is 9.63. The molecular formula is C15H14FN3O. The van der Waals surface area contributed by atoms with Crippen molar-refractivity contribution in [1.29, 1.82) is 5.26 Å². The lowest BCUT2D eigenvalue weighted by Gasteiger charge is -2.19. The Kier molecular flexibility index (Phi) is 4.18. The number of anilines is 1. The minimum absolute atomic E-state index is 0.204. The minimum Gasteiger partial charge on any atom is -0.494 e. The highest BCUT2D eigenvalue weighted by atomic mass is 19.1. The maximum absolute atomic E-state index is 13.6. The van der Waals surface area contributed by atoms with E-state index in [4.69, 9.17) is 15.8 Å². The Morgan fingerprint density at radius 3 is 2.50 bits per heavy atom. The molecule has 2 aromatic carbocycles. The van der Waals surface area contributed by atoms with Crippen molar-refractivity contribution in [3.8, 4) is 11.8 Å². The highest BCUT2D eigenvalue weighted by Gasteiger charge is 2.07. The fourth-order valence-electron chi connectivity index (χ4n) is 1.82. The molecule has 0 aromatic heterocycles. The lowest BCUT2D eigenvalue weighted by molar-refractivity contribution is 0.386. The van der Waals surface area contributed by atoms with Crippen molar-refractivity contribution in [3.63, 3.8) is 0 Å². The van der Waals surface area contributed by atoms with Gasteiger partial charge in [0.1, 0.15) is 0 Å². The number of hydrazine groups is 1. The summed E-state index contributed by atoms with van der Waals surface area (Å²) < 4.78 is 18.4. The molecule has 0 heterocycles. The predicted octanol–water partition coefficient (Wildman–Crippen LogP) is 2.59. The summed E-state index contributed by atoms with van der Waals surface area (Å²) in [7, 11) is 1.42. The van der Waals surface area contributed by atoms with E-state index in [1.54, 1.807) is 36.4 Å². The molecular weight excluding hydrogens is 257 g/mol. The normalized spacial score (nSPS) is 9.90. The van der Waals surface area contributed by atoms with Crippen molar-refractivity contribution >= 4 is 5.69 Å². The highest BCUT2D eigenvalue weighted by Crippen LogP contribution is 2.20. The summed E-state index contributed by atoms with van der Waals surface area (Å²) in [6, 6.07) is 13.6. The molecule has 102 valence electrons. The van der Waals surface area contributed by atoms with Crippen LogP contribution in [0.1, 0.15) is 11.1 Å². The lowest BCUT2D eigenvalue weighted by Crippen LogP contribution is -2.30. The molecule has 2 aromatic rings. The number of hydrogen-bond acceptors (Lipinski definition) is 4. The zero-order chi connectivity index (χ0) is 14.5. The fraction of sp³-hybridized carbons (Fsp3) is 0.133. The molecule has 0 atom stereocenters. The summed E-state index contributed by atoms with van der Waals surface area (Å²) in [6.45, 7) is 0.354. The van der Waals surface area contributed by atoms with Crippen molar-refractivity contribution in [3.05, 3.63) is 59.4 Å². The van der Waals surface area contributed by atoms with E-state index in [9.17, 15) is 4.39 Å². The van der Waals surface area contributed by atoms with Crippen LogP contribution in [0, 0.1) is 17.1 Å². The maximum atomic E-state index is 13.6. The zero-order valence-corrected chi connectivity index (χ0v) is 11.0. The number of nitrogens with two attached hydrogens (primary N) is 1. The number of benzene rings is 2. The monoisotopic (exact) mass is 271 g/mol. The Labute approximate surface area is 116 Å². The van der Waals surface area contributed by atoms with E-state index in [2.05, 4.69) is 0 Å². The van der Waals surface area contributed by atoms with Gasteiger partial charge in [-0.1, -0.05) is 6.07 Å². The van der Waals surface area contributed by atoms with Crippen LogP contribution in [0.5, 0.6) is 5.75 Å². The lowest BCUT2D eigenvalue weighted by atomic mass is 10.2. The van der Waals surface area contributed by atoms with Gasteiger partial charge in [-0.05, 0) is 42.0 Å². The summed E-state index contributed by atoms with van der Waals surface area (Å²) in [5, 5.41) is 10.2. The summed E-state index contributed by atoms with van der Waals surface area (Å²) in [6.07, 6.45) is 0. The van der Waals surface area contributed by atoms with Crippen LogP contribution in [-0.4, -0.2) is 7.11 Å². The van der Waals surface area contributed by atoms with E-state index >= 15 is 0 Å². The van der Waals surface area contributed by atoms with Crippen molar-refractivity contribution in [1.82, 2.24) is 0 Å². The summed E-state index contributed by atoms with van der Waals surface area (Å²) >= 11 is 0. The highest BCUT2D eigenvalue weighted by molar-refractivity contribution is 5.49. The van der Waals surface area contributed by atoms with E-state index in [1.807, 2.05) is 6.07 Å². The number of ether oxygens (including phenoxy) is 1. The largest absolute Gasteiger partial charge is 0.494 e. The number of rotatable bonds is 4. The second-order valence-corrected chi connectivity index (χ2v) is 4.26. The molecule has 0 saturated heterocycles. The van der Waals surface area contributed by atoms with E-state index in [-0.39, 0.29) is 5.75 Å². The molecule has 2 N–H and O–H groups in total. The molecule has 4 nitrogen and oxygen atoms in total. The van der Waals surface area contributed by atoms with Crippen LogP contribution in [0.2, 0.25) is 0 Å². The van der Waals surface area contributed by atoms with Crippen LogP contribution < -0.4 is 15.6 Å². The van der Waals surface area contributed by atoms with Crippen molar-refractivity contribution in [2.24, 2.45) is 5.84 Å². The average molecular weight is 271 g/mol. The first kappa shape index (κ1) is 13.8. The number of methoxy groups -OCH3 is 1. The van der Waals surface area contributed by atoms with Crippen LogP contribution in [0.3, 0.4) is 0 Å². The van der Waals surface area contributed by atoms with Gasteiger partial charge in [-0.2, -0.15) is 5.26 Å².